The van der Waals surface area contributed by atoms with Crippen LogP contribution in [-0.4, -0.2) is 48.3 Å². The minimum Gasteiger partial charge on any atom is -0.493 e. The van der Waals surface area contributed by atoms with Crippen molar-refractivity contribution in [1.82, 2.24) is 9.97 Å². The summed E-state index contributed by atoms with van der Waals surface area (Å²) in [6.07, 6.45) is 1.13. The van der Waals surface area contributed by atoms with Gasteiger partial charge in [0, 0.05) is 30.4 Å². The predicted octanol–water partition coefficient (Wildman–Crippen LogP) is 14.3. The number of oxazole rings is 2. The van der Waals surface area contributed by atoms with E-state index in [1.165, 1.54) is 0 Å². The third kappa shape index (κ3) is 14.0. The Morgan fingerprint density at radius 2 is 1.01 bits per heavy atom. The van der Waals surface area contributed by atoms with E-state index in [0.29, 0.717) is 54.2 Å². The SMILES string of the molecule is Cc1ccc(S(=O)(=O)OCCc2nc(-c3cccc(-c4ccccc4)c3)oc2C)cc1.Cc1oc(-c2cccc(-c3ccccc3)c2)nc1CCOc1ccc(CC(C)(Oc2ccc(C(C)(C)C)cc2)C(=O)O)cc1. The number of carboxylic acid groups (broad SMARTS) is 1. The van der Waals surface area contributed by atoms with Crippen LogP contribution in [-0.2, 0) is 43.8 Å². The highest BCUT2D eigenvalue weighted by Crippen LogP contribution is 2.31. The molecule has 1 atom stereocenters. The molecular weight excluding hydrogens is 961 g/mol. The molecular formula is C63H62N2O9S. The number of aryl methyl sites for hydroxylation is 3. The number of hydrogen-bond donors (Lipinski definition) is 1. The second kappa shape index (κ2) is 23.4. The Hall–Kier alpha value is -8.06. The van der Waals surface area contributed by atoms with Crippen molar-refractivity contribution in [2.75, 3.05) is 13.2 Å². The van der Waals surface area contributed by atoms with Gasteiger partial charge in [-0.25, -0.2) is 14.8 Å². The molecule has 9 aromatic rings. The standard InChI is InChI=1S/C38H39NO5.C25H23NO4S/c1-26-34(39-35(43-26)30-13-9-12-29(24-30)28-10-7-6-8-11-28)22-23-42-32-18-14-27(15-19-32)25-38(5,36(40)41)44-33-20-16-31(17-21-33)37(2,3)4;1-18-11-13-23(14-12-18)31(27,28)29-16-15-24-19(2)30-25(26-24)22-10-6-9-21(17-22)20-7-4-3-5-8-20/h6-21,24H,22-23,25H2,1-5H3,(H,40,41);3-14,17H,15-16H2,1-2H3. The van der Waals surface area contributed by atoms with Crippen molar-refractivity contribution in [3.63, 3.8) is 0 Å². The van der Waals surface area contributed by atoms with Gasteiger partial charge in [0.15, 0.2) is 0 Å². The van der Waals surface area contributed by atoms with Gasteiger partial charge in [0.05, 0.1) is 29.5 Å². The summed E-state index contributed by atoms with van der Waals surface area (Å²) in [5.41, 5.74) is 9.32. The van der Waals surface area contributed by atoms with Crippen LogP contribution in [0.25, 0.3) is 45.2 Å². The predicted molar refractivity (Wildman–Crippen MR) is 293 cm³/mol. The lowest BCUT2D eigenvalue weighted by molar-refractivity contribution is -0.153. The van der Waals surface area contributed by atoms with Crippen molar-refractivity contribution in [2.24, 2.45) is 0 Å². The van der Waals surface area contributed by atoms with Crippen molar-refractivity contribution >= 4 is 16.1 Å². The molecule has 0 spiro atoms. The van der Waals surface area contributed by atoms with E-state index in [1.54, 1.807) is 31.2 Å². The highest BCUT2D eigenvalue weighted by molar-refractivity contribution is 7.86. The van der Waals surface area contributed by atoms with Crippen LogP contribution in [0.1, 0.15) is 67.3 Å². The van der Waals surface area contributed by atoms with Gasteiger partial charge in [0.25, 0.3) is 10.1 Å². The molecule has 1 unspecified atom stereocenters. The number of aliphatic carboxylic acids is 1. The Morgan fingerprint density at radius 3 is 1.51 bits per heavy atom. The molecule has 9 rings (SSSR count). The van der Waals surface area contributed by atoms with Gasteiger partial charge >= 0.3 is 5.97 Å². The van der Waals surface area contributed by atoms with Crippen LogP contribution >= 0.6 is 0 Å². The monoisotopic (exact) mass is 1020 g/mol. The summed E-state index contributed by atoms with van der Waals surface area (Å²) in [6, 6.07) is 58.1. The minimum absolute atomic E-state index is 0.00458. The topological polar surface area (TPSA) is 151 Å². The fourth-order valence-corrected chi connectivity index (χ4v) is 9.22. The third-order valence-electron chi connectivity index (χ3n) is 12.7. The lowest BCUT2D eigenvalue weighted by Gasteiger charge is -2.27. The highest BCUT2D eigenvalue weighted by atomic mass is 32.2. The number of aromatic nitrogens is 2. The molecule has 12 heteroatoms. The van der Waals surface area contributed by atoms with E-state index in [1.807, 2.05) is 142 Å². The number of nitrogens with zero attached hydrogens (tertiary/aromatic N) is 2. The van der Waals surface area contributed by atoms with Crippen molar-refractivity contribution in [3.8, 4) is 56.7 Å². The van der Waals surface area contributed by atoms with E-state index < -0.39 is 21.7 Å². The Kier molecular flexibility index (Phi) is 16.6. The number of carboxylic acids is 1. The summed E-state index contributed by atoms with van der Waals surface area (Å²) in [4.78, 5) is 21.7. The van der Waals surface area contributed by atoms with Crippen LogP contribution in [0.3, 0.4) is 0 Å². The Bertz CT molecular complexity index is 3440. The van der Waals surface area contributed by atoms with Crippen LogP contribution in [0.15, 0.2) is 196 Å². The maximum Gasteiger partial charge on any atom is 0.348 e. The van der Waals surface area contributed by atoms with Gasteiger partial charge in [-0.3, -0.25) is 4.18 Å². The number of hydrogen-bond acceptors (Lipinski definition) is 10. The van der Waals surface area contributed by atoms with Gasteiger partial charge in [-0.1, -0.05) is 148 Å². The molecule has 0 radical (unpaired) electrons. The summed E-state index contributed by atoms with van der Waals surface area (Å²) in [6.45, 7) is 14.1. The first-order valence-corrected chi connectivity index (χ1v) is 26.3. The maximum atomic E-state index is 12.4. The summed E-state index contributed by atoms with van der Waals surface area (Å²) in [7, 11) is -3.80. The average molecular weight is 1020 g/mol. The molecule has 2 aromatic heterocycles. The summed E-state index contributed by atoms with van der Waals surface area (Å²) >= 11 is 0. The minimum atomic E-state index is -3.80. The first-order chi connectivity index (χ1) is 35.9. The molecule has 2 heterocycles. The highest BCUT2D eigenvalue weighted by Gasteiger charge is 2.36. The van der Waals surface area contributed by atoms with Crippen LogP contribution in [0.4, 0.5) is 0 Å². The Labute approximate surface area is 440 Å². The molecule has 0 amide bonds. The maximum absolute atomic E-state index is 12.4. The van der Waals surface area contributed by atoms with E-state index in [-0.39, 0.29) is 23.3 Å². The molecule has 384 valence electrons. The third-order valence-corrected chi connectivity index (χ3v) is 14.0. The second-order valence-electron chi connectivity index (χ2n) is 19.6. The van der Waals surface area contributed by atoms with Crippen LogP contribution < -0.4 is 9.47 Å². The van der Waals surface area contributed by atoms with E-state index in [0.717, 1.165) is 61.5 Å². The molecule has 1 N–H and O–H groups in total. The van der Waals surface area contributed by atoms with E-state index in [2.05, 4.69) is 62.2 Å². The van der Waals surface area contributed by atoms with Crippen LogP contribution in [0.5, 0.6) is 11.5 Å². The zero-order valence-electron chi connectivity index (χ0n) is 43.4. The van der Waals surface area contributed by atoms with Gasteiger partial charge in [0.2, 0.25) is 17.4 Å². The number of rotatable bonds is 18. The number of ether oxygens (including phenoxy) is 2. The molecule has 0 fully saturated rings. The van der Waals surface area contributed by atoms with Crippen molar-refractivity contribution in [1.29, 1.82) is 0 Å². The first-order valence-electron chi connectivity index (χ1n) is 24.9. The molecule has 0 aliphatic heterocycles. The molecule has 0 bridgehead atoms. The van der Waals surface area contributed by atoms with Gasteiger partial charge in [0.1, 0.15) is 23.0 Å². The van der Waals surface area contributed by atoms with Crippen molar-refractivity contribution < 1.29 is 40.8 Å². The molecule has 75 heavy (non-hydrogen) atoms. The first kappa shape index (κ1) is 53.2. The fourth-order valence-electron chi connectivity index (χ4n) is 8.31. The van der Waals surface area contributed by atoms with E-state index >= 15 is 0 Å². The largest absolute Gasteiger partial charge is 0.493 e. The van der Waals surface area contributed by atoms with Gasteiger partial charge in [-0.2, -0.15) is 8.42 Å². The van der Waals surface area contributed by atoms with Crippen molar-refractivity contribution in [3.05, 3.63) is 222 Å². The smallest absolute Gasteiger partial charge is 0.348 e. The number of carbonyl (C=O) groups is 1. The Balaban J connectivity index is 0.000000211. The Morgan fingerprint density at radius 1 is 0.547 bits per heavy atom. The normalized spacial score (nSPS) is 12.3. The van der Waals surface area contributed by atoms with Gasteiger partial charge in [-0.15, -0.1) is 0 Å². The fraction of sp³-hybridized carbons (Fsp3) is 0.222. The van der Waals surface area contributed by atoms with Gasteiger partial charge in [-0.05, 0) is 127 Å². The molecule has 7 aromatic carbocycles. The van der Waals surface area contributed by atoms with Crippen molar-refractivity contribution in [2.45, 2.75) is 83.6 Å². The zero-order chi connectivity index (χ0) is 53.2. The second-order valence-corrected chi connectivity index (χ2v) is 21.2. The summed E-state index contributed by atoms with van der Waals surface area (Å²) in [5.74, 6) is 2.72. The molecule has 0 saturated carbocycles. The lowest BCUT2D eigenvalue weighted by atomic mass is 9.87. The quantitative estimate of drug-likeness (QED) is 0.0818. The average Bonchev–Trinajstić information content (AvgIpc) is 3.98. The molecule has 0 aliphatic rings. The zero-order valence-corrected chi connectivity index (χ0v) is 44.2. The number of benzene rings is 7. The molecule has 0 aliphatic carbocycles. The molecule has 11 nitrogen and oxygen atoms in total. The van der Waals surface area contributed by atoms with E-state index in [9.17, 15) is 18.3 Å². The van der Waals surface area contributed by atoms with Crippen LogP contribution in [0, 0.1) is 20.8 Å². The molecule has 0 saturated heterocycles. The van der Waals surface area contributed by atoms with Crippen LogP contribution in [0.2, 0.25) is 0 Å². The summed E-state index contributed by atoms with van der Waals surface area (Å²) < 4.78 is 53.8. The summed E-state index contributed by atoms with van der Waals surface area (Å²) in [5, 5.41) is 10.0. The lowest BCUT2D eigenvalue weighted by Crippen LogP contribution is -2.43. The van der Waals surface area contributed by atoms with Gasteiger partial charge < -0.3 is 23.4 Å². The van der Waals surface area contributed by atoms with E-state index in [4.69, 9.17) is 27.5 Å².